The SMILES string of the molecule is CCCCCNS(=O)(=O)c1ccc(N2CCCCS2(=O)=O)cc1C. The average Bonchev–Trinajstić information content (AvgIpc) is 2.51. The lowest BCUT2D eigenvalue weighted by atomic mass is 10.2. The van der Waals surface area contributed by atoms with Crippen molar-refractivity contribution in [2.45, 2.75) is 50.8 Å². The van der Waals surface area contributed by atoms with Gasteiger partial charge in [0.1, 0.15) is 0 Å². The summed E-state index contributed by atoms with van der Waals surface area (Å²) < 4.78 is 53.1. The molecular formula is C16H26N2O4S2. The quantitative estimate of drug-likeness (QED) is 0.743. The summed E-state index contributed by atoms with van der Waals surface area (Å²) in [5.74, 6) is 0.144. The predicted octanol–water partition coefficient (Wildman–Crippen LogP) is 2.39. The van der Waals surface area contributed by atoms with Crippen molar-refractivity contribution in [3.8, 4) is 0 Å². The Labute approximate surface area is 145 Å². The van der Waals surface area contributed by atoms with Crippen LogP contribution in [0.4, 0.5) is 5.69 Å². The number of sulfonamides is 2. The van der Waals surface area contributed by atoms with Crippen molar-refractivity contribution in [2.75, 3.05) is 23.1 Å². The Morgan fingerprint density at radius 2 is 1.96 bits per heavy atom. The summed E-state index contributed by atoms with van der Waals surface area (Å²) in [5, 5.41) is 0. The first-order valence-electron chi connectivity index (χ1n) is 8.38. The van der Waals surface area contributed by atoms with Gasteiger partial charge in [0.05, 0.1) is 16.3 Å². The topological polar surface area (TPSA) is 83.6 Å². The Bertz CT molecular complexity index is 773. The largest absolute Gasteiger partial charge is 0.270 e. The molecule has 0 saturated carbocycles. The molecular weight excluding hydrogens is 348 g/mol. The van der Waals surface area contributed by atoms with Crippen LogP contribution in [0.1, 0.15) is 44.6 Å². The van der Waals surface area contributed by atoms with Gasteiger partial charge in [-0.25, -0.2) is 21.6 Å². The van der Waals surface area contributed by atoms with E-state index >= 15 is 0 Å². The zero-order valence-electron chi connectivity index (χ0n) is 14.3. The van der Waals surface area contributed by atoms with Crippen LogP contribution in [-0.4, -0.2) is 35.7 Å². The van der Waals surface area contributed by atoms with E-state index in [9.17, 15) is 16.8 Å². The number of anilines is 1. The molecule has 1 saturated heterocycles. The molecule has 1 fully saturated rings. The Kier molecular flexibility index (Phi) is 6.28. The molecule has 1 aliphatic rings. The molecule has 0 amide bonds. The molecule has 0 bridgehead atoms. The van der Waals surface area contributed by atoms with E-state index in [1.165, 1.54) is 10.4 Å². The van der Waals surface area contributed by atoms with Crippen molar-refractivity contribution < 1.29 is 16.8 Å². The van der Waals surface area contributed by atoms with Crippen LogP contribution in [0.15, 0.2) is 23.1 Å². The molecule has 136 valence electrons. The minimum atomic E-state index is -3.57. The number of hydrogen-bond donors (Lipinski definition) is 1. The zero-order chi connectivity index (χ0) is 17.8. The highest BCUT2D eigenvalue weighted by atomic mass is 32.2. The summed E-state index contributed by atoms with van der Waals surface area (Å²) in [6.45, 7) is 4.62. The molecule has 1 aromatic carbocycles. The van der Waals surface area contributed by atoms with E-state index < -0.39 is 20.0 Å². The Balaban J connectivity index is 2.20. The van der Waals surface area contributed by atoms with Gasteiger partial charge in [0.15, 0.2) is 0 Å². The van der Waals surface area contributed by atoms with E-state index in [-0.39, 0.29) is 10.6 Å². The van der Waals surface area contributed by atoms with Crippen molar-refractivity contribution in [1.29, 1.82) is 0 Å². The molecule has 0 spiro atoms. The third-order valence-electron chi connectivity index (χ3n) is 4.16. The molecule has 0 aliphatic carbocycles. The molecule has 0 atom stereocenters. The van der Waals surface area contributed by atoms with Crippen LogP contribution < -0.4 is 9.03 Å². The minimum absolute atomic E-state index is 0.144. The number of benzene rings is 1. The maximum atomic E-state index is 12.4. The highest BCUT2D eigenvalue weighted by molar-refractivity contribution is 7.92. The number of rotatable bonds is 7. The zero-order valence-corrected chi connectivity index (χ0v) is 15.9. The monoisotopic (exact) mass is 374 g/mol. The van der Waals surface area contributed by atoms with Gasteiger partial charge in [0, 0.05) is 13.1 Å². The van der Waals surface area contributed by atoms with Gasteiger partial charge < -0.3 is 0 Å². The summed E-state index contributed by atoms with van der Waals surface area (Å²) in [7, 11) is -6.86. The maximum Gasteiger partial charge on any atom is 0.240 e. The first-order chi connectivity index (χ1) is 11.3. The Hall–Kier alpha value is -1.12. The highest BCUT2D eigenvalue weighted by Gasteiger charge is 2.27. The second-order valence-electron chi connectivity index (χ2n) is 6.15. The molecule has 1 heterocycles. The third kappa shape index (κ3) is 4.49. The van der Waals surface area contributed by atoms with Crippen molar-refractivity contribution in [3.63, 3.8) is 0 Å². The van der Waals surface area contributed by atoms with Gasteiger partial charge in [0.2, 0.25) is 20.0 Å². The third-order valence-corrected chi connectivity index (χ3v) is 7.65. The van der Waals surface area contributed by atoms with Crippen molar-refractivity contribution in [2.24, 2.45) is 0 Å². The standard InChI is InChI=1S/C16H26N2O4S2/c1-3-4-5-10-17-24(21,22)16-9-8-15(13-14(16)2)18-11-6-7-12-23(18,19)20/h8-9,13,17H,3-7,10-12H2,1-2H3. The van der Waals surface area contributed by atoms with E-state index in [2.05, 4.69) is 11.6 Å². The Morgan fingerprint density at radius 3 is 2.58 bits per heavy atom. The summed E-state index contributed by atoms with van der Waals surface area (Å²) in [4.78, 5) is 0.206. The van der Waals surface area contributed by atoms with Crippen LogP contribution in [0.2, 0.25) is 0 Å². The summed E-state index contributed by atoms with van der Waals surface area (Å²) >= 11 is 0. The van der Waals surface area contributed by atoms with Crippen LogP contribution in [0.25, 0.3) is 0 Å². The lowest BCUT2D eigenvalue weighted by molar-refractivity contribution is 0.574. The van der Waals surface area contributed by atoms with Crippen molar-refractivity contribution in [3.05, 3.63) is 23.8 Å². The van der Waals surface area contributed by atoms with Gasteiger partial charge in [-0.15, -0.1) is 0 Å². The van der Waals surface area contributed by atoms with Gasteiger partial charge in [-0.1, -0.05) is 19.8 Å². The fourth-order valence-electron chi connectivity index (χ4n) is 2.83. The smallest absolute Gasteiger partial charge is 0.240 e. The highest BCUT2D eigenvalue weighted by Crippen LogP contribution is 2.27. The van der Waals surface area contributed by atoms with Gasteiger partial charge >= 0.3 is 0 Å². The fourth-order valence-corrected chi connectivity index (χ4v) is 5.76. The normalized spacial score (nSPS) is 17.8. The van der Waals surface area contributed by atoms with Crippen LogP contribution in [-0.2, 0) is 20.0 Å². The summed E-state index contributed by atoms with van der Waals surface area (Å²) in [6, 6.07) is 4.72. The molecule has 1 aromatic rings. The average molecular weight is 375 g/mol. The Morgan fingerprint density at radius 1 is 1.21 bits per heavy atom. The van der Waals surface area contributed by atoms with Crippen LogP contribution in [0.3, 0.4) is 0 Å². The van der Waals surface area contributed by atoms with Crippen molar-refractivity contribution >= 4 is 25.7 Å². The molecule has 1 N–H and O–H groups in total. The van der Waals surface area contributed by atoms with E-state index in [0.29, 0.717) is 30.8 Å². The predicted molar refractivity (Wildman–Crippen MR) is 96.3 cm³/mol. The molecule has 2 rings (SSSR count). The number of nitrogens with zero attached hydrogens (tertiary/aromatic N) is 1. The van der Waals surface area contributed by atoms with Crippen molar-refractivity contribution in [1.82, 2.24) is 4.72 Å². The lowest BCUT2D eigenvalue weighted by Crippen LogP contribution is -2.38. The molecule has 0 aromatic heterocycles. The van der Waals surface area contributed by atoms with Crippen LogP contribution in [0.5, 0.6) is 0 Å². The molecule has 0 unspecified atom stereocenters. The molecule has 0 radical (unpaired) electrons. The molecule has 1 aliphatic heterocycles. The second kappa shape index (κ2) is 7.84. The van der Waals surface area contributed by atoms with Crippen LogP contribution in [0, 0.1) is 6.92 Å². The molecule has 24 heavy (non-hydrogen) atoms. The lowest BCUT2D eigenvalue weighted by Gasteiger charge is -2.28. The van der Waals surface area contributed by atoms with E-state index in [0.717, 1.165) is 25.7 Å². The second-order valence-corrected chi connectivity index (χ2v) is 9.90. The molecule has 6 nitrogen and oxygen atoms in total. The van der Waals surface area contributed by atoms with E-state index in [4.69, 9.17) is 0 Å². The minimum Gasteiger partial charge on any atom is -0.270 e. The summed E-state index contributed by atoms with van der Waals surface area (Å²) in [5.41, 5.74) is 1.09. The summed E-state index contributed by atoms with van der Waals surface area (Å²) in [6.07, 6.45) is 4.30. The fraction of sp³-hybridized carbons (Fsp3) is 0.625. The van der Waals surface area contributed by atoms with Gasteiger partial charge in [-0.05, 0) is 49.9 Å². The number of hydrogen-bond acceptors (Lipinski definition) is 4. The first kappa shape index (κ1) is 19.2. The first-order valence-corrected chi connectivity index (χ1v) is 11.5. The number of aryl methyl sites for hydroxylation is 1. The number of unbranched alkanes of at least 4 members (excludes halogenated alkanes) is 2. The van der Waals surface area contributed by atoms with Crippen LogP contribution >= 0.6 is 0 Å². The van der Waals surface area contributed by atoms with Gasteiger partial charge in [-0.2, -0.15) is 0 Å². The van der Waals surface area contributed by atoms with Gasteiger partial charge in [0.25, 0.3) is 0 Å². The number of nitrogens with one attached hydrogen (secondary N) is 1. The van der Waals surface area contributed by atoms with E-state index in [1.807, 2.05) is 0 Å². The molecule has 8 heteroatoms. The maximum absolute atomic E-state index is 12.4. The van der Waals surface area contributed by atoms with E-state index in [1.54, 1.807) is 19.1 Å². The van der Waals surface area contributed by atoms with Gasteiger partial charge in [-0.3, -0.25) is 4.31 Å².